The summed E-state index contributed by atoms with van der Waals surface area (Å²) in [6, 6.07) is 0. The number of rotatable bonds is 3. The molecule has 9 heteroatoms. The van der Waals surface area contributed by atoms with Crippen LogP contribution in [0.15, 0.2) is 17.4 Å². The Balaban J connectivity index is 1.90. The van der Waals surface area contributed by atoms with Gasteiger partial charge >= 0.3 is 0 Å². The van der Waals surface area contributed by atoms with Gasteiger partial charge in [0.2, 0.25) is 0 Å². The highest BCUT2D eigenvalue weighted by Gasteiger charge is 2.18. The fraction of sp³-hybridized carbons (Fsp3) is 0.182. The predicted molar refractivity (Wildman–Crippen MR) is 72.5 cm³/mol. The number of thiophene rings is 1. The fourth-order valence-corrected chi connectivity index (χ4v) is 2.92. The van der Waals surface area contributed by atoms with Gasteiger partial charge in [-0.2, -0.15) is 5.10 Å². The van der Waals surface area contributed by atoms with Gasteiger partial charge in [0.15, 0.2) is 0 Å². The Morgan fingerprint density at radius 1 is 1.45 bits per heavy atom. The summed E-state index contributed by atoms with van der Waals surface area (Å²) >= 11 is 1.19. The number of aryl methyl sites for hydroxylation is 1. The summed E-state index contributed by atoms with van der Waals surface area (Å²) in [5.41, 5.74) is 0.396. The molecule has 0 spiro atoms. The number of fused-ring (bicyclic) bond motifs is 1. The first-order valence-electron chi connectivity index (χ1n) is 5.76. The number of hydrogen-bond acceptors (Lipinski definition) is 6. The van der Waals surface area contributed by atoms with Crippen LogP contribution < -0.4 is 10.9 Å². The van der Waals surface area contributed by atoms with Crippen molar-refractivity contribution in [2.75, 3.05) is 0 Å². The van der Waals surface area contributed by atoms with E-state index in [1.807, 2.05) is 0 Å². The summed E-state index contributed by atoms with van der Waals surface area (Å²) in [5.74, 6) is 0.300. The quantitative estimate of drug-likeness (QED) is 0.643. The minimum absolute atomic E-state index is 0.238. The molecule has 102 valence electrons. The number of amides is 1. The van der Waals surface area contributed by atoms with Crippen LogP contribution in [-0.4, -0.2) is 31.1 Å². The molecule has 0 fully saturated rings. The number of nitrogens with one attached hydrogen (secondary N) is 3. The maximum absolute atomic E-state index is 12.1. The Kier molecular flexibility index (Phi) is 3.03. The van der Waals surface area contributed by atoms with Gasteiger partial charge in [0, 0.05) is 0 Å². The molecular weight excluding hydrogens is 280 g/mol. The summed E-state index contributed by atoms with van der Waals surface area (Å²) in [6.45, 7) is 1.98. The molecule has 0 aromatic carbocycles. The second-order valence-corrected chi connectivity index (χ2v) is 5.08. The molecule has 0 saturated heterocycles. The van der Waals surface area contributed by atoms with Crippen molar-refractivity contribution in [2.45, 2.75) is 13.5 Å². The molecule has 0 aliphatic rings. The summed E-state index contributed by atoms with van der Waals surface area (Å²) in [5, 5.41) is 9.53. The van der Waals surface area contributed by atoms with Gasteiger partial charge in [-0.1, -0.05) is 0 Å². The van der Waals surface area contributed by atoms with E-state index < -0.39 is 0 Å². The highest BCUT2D eigenvalue weighted by Crippen LogP contribution is 2.26. The highest BCUT2D eigenvalue weighted by atomic mass is 32.1. The molecule has 0 saturated carbocycles. The van der Waals surface area contributed by atoms with Crippen molar-refractivity contribution in [3.8, 4) is 0 Å². The van der Waals surface area contributed by atoms with E-state index in [1.165, 1.54) is 24.0 Å². The van der Waals surface area contributed by atoms with Gasteiger partial charge in [-0.05, 0) is 12.5 Å². The number of hydrogen-bond donors (Lipinski definition) is 3. The van der Waals surface area contributed by atoms with E-state index in [2.05, 4.69) is 30.5 Å². The fourth-order valence-electron chi connectivity index (χ4n) is 1.86. The molecule has 3 aromatic heterocycles. The highest BCUT2D eigenvalue weighted by molar-refractivity contribution is 7.20. The van der Waals surface area contributed by atoms with E-state index in [0.717, 1.165) is 0 Å². The van der Waals surface area contributed by atoms with Crippen LogP contribution in [0.4, 0.5) is 0 Å². The first kappa shape index (κ1) is 12.5. The zero-order chi connectivity index (χ0) is 14.1. The second-order valence-electron chi connectivity index (χ2n) is 4.08. The lowest BCUT2D eigenvalue weighted by Gasteiger charge is -2.01. The average Bonchev–Trinajstić information content (AvgIpc) is 3.05. The summed E-state index contributed by atoms with van der Waals surface area (Å²) in [4.78, 5) is 35.4. The third-order valence-electron chi connectivity index (χ3n) is 2.82. The third kappa shape index (κ3) is 2.07. The summed E-state index contributed by atoms with van der Waals surface area (Å²) in [7, 11) is 0. The van der Waals surface area contributed by atoms with E-state index in [0.29, 0.717) is 26.5 Å². The zero-order valence-electron chi connectivity index (χ0n) is 10.4. The Hall–Kier alpha value is -2.55. The van der Waals surface area contributed by atoms with Crippen LogP contribution in [0.1, 0.15) is 21.1 Å². The van der Waals surface area contributed by atoms with E-state index in [-0.39, 0.29) is 18.0 Å². The monoisotopic (exact) mass is 290 g/mol. The minimum atomic E-state index is -0.263. The molecule has 0 bridgehead atoms. The van der Waals surface area contributed by atoms with Gasteiger partial charge in [0.05, 0.1) is 23.1 Å². The molecule has 0 aliphatic carbocycles. The van der Waals surface area contributed by atoms with Crippen LogP contribution in [0.25, 0.3) is 10.2 Å². The standard InChI is InChI=1S/C11H10N6O2S/c1-5-7-9(18)14-3-15-11(7)20-8(5)10(19)12-2-6-13-4-16-17-6/h3-4H,2H2,1H3,(H,12,19)(H,13,16,17)(H,14,15,18). The van der Waals surface area contributed by atoms with Gasteiger partial charge < -0.3 is 10.3 Å². The average molecular weight is 290 g/mol. The lowest BCUT2D eigenvalue weighted by molar-refractivity contribution is 0.0953. The molecule has 1 amide bonds. The molecular formula is C11H10N6O2S. The molecule has 8 nitrogen and oxygen atoms in total. The van der Waals surface area contributed by atoms with Crippen molar-refractivity contribution >= 4 is 27.5 Å². The molecule has 0 radical (unpaired) electrons. The largest absolute Gasteiger partial charge is 0.344 e. The van der Waals surface area contributed by atoms with E-state index >= 15 is 0 Å². The molecule has 3 aromatic rings. The van der Waals surface area contributed by atoms with Crippen LogP contribution in [-0.2, 0) is 6.54 Å². The smallest absolute Gasteiger partial charge is 0.262 e. The second kappa shape index (κ2) is 4.85. The van der Waals surface area contributed by atoms with Crippen molar-refractivity contribution < 1.29 is 4.79 Å². The van der Waals surface area contributed by atoms with Crippen LogP contribution in [0, 0.1) is 6.92 Å². The van der Waals surface area contributed by atoms with Crippen LogP contribution in [0.5, 0.6) is 0 Å². The number of aromatic nitrogens is 5. The van der Waals surface area contributed by atoms with Crippen molar-refractivity contribution in [1.29, 1.82) is 0 Å². The number of nitrogens with zero attached hydrogens (tertiary/aromatic N) is 3. The molecule has 3 heterocycles. The van der Waals surface area contributed by atoms with E-state index in [1.54, 1.807) is 6.92 Å². The first-order valence-corrected chi connectivity index (χ1v) is 6.57. The lowest BCUT2D eigenvalue weighted by atomic mass is 10.2. The molecule has 3 rings (SSSR count). The lowest BCUT2D eigenvalue weighted by Crippen LogP contribution is -2.23. The minimum Gasteiger partial charge on any atom is -0.344 e. The van der Waals surface area contributed by atoms with Gasteiger partial charge in [0.25, 0.3) is 11.5 Å². The number of H-pyrrole nitrogens is 2. The molecule has 0 aliphatic heterocycles. The van der Waals surface area contributed by atoms with Crippen molar-refractivity contribution in [1.82, 2.24) is 30.5 Å². The summed E-state index contributed by atoms with van der Waals surface area (Å²) in [6.07, 6.45) is 2.70. The maximum atomic E-state index is 12.1. The summed E-state index contributed by atoms with van der Waals surface area (Å²) < 4.78 is 0. The Bertz CT molecular complexity index is 819. The van der Waals surface area contributed by atoms with E-state index in [4.69, 9.17) is 0 Å². The maximum Gasteiger partial charge on any atom is 0.262 e. The van der Waals surface area contributed by atoms with Gasteiger partial charge in [-0.3, -0.25) is 14.7 Å². The van der Waals surface area contributed by atoms with Crippen molar-refractivity contribution in [2.24, 2.45) is 0 Å². The number of aromatic amines is 2. The molecule has 20 heavy (non-hydrogen) atoms. The van der Waals surface area contributed by atoms with Crippen molar-refractivity contribution in [3.63, 3.8) is 0 Å². The van der Waals surface area contributed by atoms with Gasteiger partial charge in [0.1, 0.15) is 17.0 Å². The predicted octanol–water partition coefficient (Wildman–Crippen LogP) is 0.341. The zero-order valence-corrected chi connectivity index (χ0v) is 11.2. The van der Waals surface area contributed by atoms with Crippen molar-refractivity contribution in [3.05, 3.63) is 39.3 Å². The molecule has 0 atom stereocenters. The molecule has 0 unspecified atom stereocenters. The Morgan fingerprint density at radius 2 is 2.30 bits per heavy atom. The van der Waals surface area contributed by atoms with Crippen LogP contribution >= 0.6 is 11.3 Å². The third-order valence-corrected chi connectivity index (χ3v) is 4.02. The topological polar surface area (TPSA) is 116 Å². The van der Waals surface area contributed by atoms with Crippen LogP contribution in [0.2, 0.25) is 0 Å². The van der Waals surface area contributed by atoms with E-state index in [9.17, 15) is 9.59 Å². The number of carbonyl (C=O) groups excluding carboxylic acids is 1. The normalized spacial score (nSPS) is 10.8. The molecule has 3 N–H and O–H groups in total. The van der Waals surface area contributed by atoms with Crippen LogP contribution in [0.3, 0.4) is 0 Å². The Morgan fingerprint density at radius 3 is 3.00 bits per heavy atom. The number of carbonyl (C=O) groups is 1. The Labute approximate surface area is 116 Å². The van der Waals surface area contributed by atoms with Gasteiger partial charge in [-0.15, -0.1) is 11.3 Å². The first-order chi connectivity index (χ1) is 9.66. The van der Waals surface area contributed by atoms with Gasteiger partial charge in [-0.25, -0.2) is 9.97 Å². The SMILES string of the molecule is Cc1c(C(=O)NCc2ncn[nH]2)sc2nc[nH]c(=O)c12.